The molecule has 0 aromatic heterocycles. The van der Waals surface area contributed by atoms with Crippen LogP contribution in [0.5, 0.6) is 0 Å². The Bertz CT molecular complexity index is 721. The third-order valence-corrected chi connectivity index (χ3v) is 5.10. The highest BCUT2D eigenvalue weighted by Crippen LogP contribution is 2.41. The second-order valence-corrected chi connectivity index (χ2v) is 8.04. The lowest BCUT2D eigenvalue weighted by Crippen LogP contribution is -2.49. The molecule has 0 unspecified atom stereocenters. The Labute approximate surface area is 154 Å². The summed E-state index contributed by atoms with van der Waals surface area (Å²) >= 11 is 0. The van der Waals surface area contributed by atoms with Crippen LogP contribution in [0, 0.1) is 16.0 Å². The summed E-state index contributed by atoms with van der Waals surface area (Å²) < 4.78 is 5.47. The van der Waals surface area contributed by atoms with Crippen molar-refractivity contribution in [2.45, 2.75) is 51.7 Å². The number of benzene rings is 1. The summed E-state index contributed by atoms with van der Waals surface area (Å²) in [6, 6.07) is 9.45. The van der Waals surface area contributed by atoms with Crippen molar-refractivity contribution < 1.29 is 14.5 Å². The maximum absolute atomic E-state index is 12.4. The molecule has 26 heavy (non-hydrogen) atoms. The molecule has 2 atom stereocenters. The lowest BCUT2D eigenvalue weighted by Gasteiger charge is -2.40. The number of fused-ring (bicyclic) bond motifs is 1. The van der Waals surface area contributed by atoms with Crippen molar-refractivity contribution in [3.63, 3.8) is 0 Å². The smallest absolute Gasteiger partial charge is 0.410 e. The van der Waals surface area contributed by atoms with Crippen LogP contribution in [0.2, 0.25) is 0 Å². The molecule has 140 valence electrons. The number of carbonyl (C=O) groups excluding carboxylic acids is 1. The fourth-order valence-corrected chi connectivity index (χ4v) is 3.98. The van der Waals surface area contributed by atoms with Crippen molar-refractivity contribution in [3.05, 3.63) is 51.6 Å². The summed E-state index contributed by atoms with van der Waals surface area (Å²) in [5, 5.41) is 11.6. The van der Waals surface area contributed by atoms with Gasteiger partial charge in [-0.15, -0.1) is 0 Å². The molecular formula is C20H26N2O4. The first kappa shape index (κ1) is 18.4. The summed E-state index contributed by atoms with van der Waals surface area (Å²) in [7, 11) is 0. The van der Waals surface area contributed by atoms with E-state index in [-0.39, 0.29) is 16.9 Å². The Morgan fingerprint density at radius 1 is 1.23 bits per heavy atom. The highest BCUT2D eigenvalue weighted by atomic mass is 16.6. The largest absolute Gasteiger partial charge is 0.444 e. The Morgan fingerprint density at radius 3 is 2.54 bits per heavy atom. The zero-order valence-electron chi connectivity index (χ0n) is 15.6. The second-order valence-electron chi connectivity index (χ2n) is 8.04. The van der Waals surface area contributed by atoms with Gasteiger partial charge in [-0.05, 0) is 44.7 Å². The van der Waals surface area contributed by atoms with Gasteiger partial charge in [0.05, 0.1) is 5.92 Å². The lowest BCUT2D eigenvalue weighted by atomic mass is 9.74. The molecule has 0 N–H and O–H groups in total. The minimum Gasteiger partial charge on any atom is -0.444 e. The molecule has 1 aromatic rings. The quantitative estimate of drug-likeness (QED) is 0.588. The summed E-state index contributed by atoms with van der Waals surface area (Å²) in [4.78, 5) is 25.5. The third-order valence-electron chi connectivity index (χ3n) is 5.10. The van der Waals surface area contributed by atoms with E-state index in [4.69, 9.17) is 4.74 Å². The van der Waals surface area contributed by atoms with Crippen LogP contribution in [0.15, 0.2) is 35.9 Å². The lowest BCUT2D eigenvalue weighted by molar-refractivity contribution is -0.532. The number of amides is 1. The normalized spacial score (nSPS) is 23.4. The van der Waals surface area contributed by atoms with Gasteiger partial charge in [-0.1, -0.05) is 35.9 Å². The van der Waals surface area contributed by atoms with Gasteiger partial charge in [0.1, 0.15) is 5.60 Å². The van der Waals surface area contributed by atoms with Crippen LogP contribution in [0.3, 0.4) is 0 Å². The van der Waals surface area contributed by atoms with Crippen LogP contribution >= 0.6 is 0 Å². The highest BCUT2D eigenvalue weighted by Gasteiger charge is 2.43. The third kappa shape index (κ3) is 3.89. The first-order valence-electron chi connectivity index (χ1n) is 9.15. The number of ether oxygens (including phenoxy) is 1. The van der Waals surface area contributed by atoms with E-state index in [9.17, 15) is 14.9 Å². The van der Waals surface area contributed by atoms with E-state index in [1.807, 2.05) is 39.0 Å². The molecular weight excluding hydrogens is 332 g/mol. The number of rotatable bonds is 2. The zero-order chi connectivity index (χ0) is 18.9. The molecule has 0 radical (unpaired) electrons. The number of likely N-dealkylation sites (tertiary alicyclic amines) is 1. The zero-order valence-corrected chi connectivity index (χ0v) is 15.6. The molecule has 1 saturated heterocycles. The van der Waals surface area contributed by atoms with E-state index in [2.05, 4.69) is 12.1 Å². The van der Waals surface area contributed by atoms with Gasteiger partial charge >= 0.3 is 6.09 Å². The Balaban J connectivity index is 1.89. The maximum atomic E-state index is 12.4. The van der Waals surface area contributed by atoms with Gasteiger partial charge in [-0.25, -0.2) is 4.79 Å². The molecule has 1 fully saturated rings. The number of allylic oxidation sites excluding steroid dienone is 1. The molecule has 0 bridgehead atoms. The molecule has 1 aromatic carbocycles. The average molecular weight is 358 g/mol. The van der Waals surface area contributed by atoms with Gasteiger partial charge in [0.15, 0.2) is 0 Å². The predicted molar refractivity (Wildman–Crippen MR) is 99.3 cm³/mol. The van der Waals surface area contributed by atoms with E-state index in [1.54, 1.807) is 4.90 Å². The minimum atomic E-state index is -0.636. The summed E-state index contributed by atoms with van der Waals surface area (Å²) in [6.45, 7) is 6.38. The molecule has 6 nitrogen and oxygen atoms in total. The van der Waals surface area contributed by atoms with Crippen molar-refractivity contribution in [1.29, 1.82) is 0 Å². The number of carbonyl (C=O) groups is 1. The summed E-state index contributed by atoms with van der Waals surface area (Å²) in [6.07, 6.45) is 1.51. The molecule has 1 aliphatic carbocycles. The van der Waals surface area contributed by atoms with Crippen LogP contribution in [0.1, 0.15) is 45.6 Å². The van der Waals surface area contributed by atoms with E-state index in [1.165, 1.54) is 5.57 Å². The monoisotopic (exact) mass is 358 g/mol. The Hall–Kier alpha value is -2.37. The second kappa shape index (κ2) is 7.09. The maximum Gasteiger partial charge on any atom is 0.410 e. The van der Waals surface area contributed by atoms with Crippen molar-refractivity contribution in [2.24, 2.45) is 5.92 Å². The molecule has 1 amide bonds. The number of hydrogen-bond acceptors (Lipinski definition) is 4. The fraction of sp³-hybridized carbons (Fsp3) is 0.550. The van der Waals surface area contributed by atoms with Gasteiger partial charge in [0.25, 0.3) is 0 Å². The standard InChI is InChI=1S/C20H26N2O4/c1-20(2,3)26-19(23)21-12-11-16-15(14-7-5-4-6-8-14)9-10-18(22(24)25)17(16)13-21/h4-8,17-18H,9-13H2,1-3H3/t17-,18+/m0/s1. The van der Waals surface area contributed by atoms with Gasteiger partial charge < -0.3 is 9.64 Å². The Kier molecular flexibility index (Phi) is 5.03. The predicted octanol–water partition coefficient (Wildman–Crippen LogP) is 4.14. The van der Waals surface area contributed by atoms with Crippen LogP contribution in [-0.2, 0) is 4.74 Å². The Morgan fingerprint density at radius 2 is 1.92 bits per heavy atom. The fourth-order valence-electron chi connectivity index (χ4n) is 3.98. The molecule has 2 aliphatic rings. The van der Waals surface area contributed by atoms with Crippen molar-refractivity contribution in [1.82, 2.24) is 4.90 Å². The van der Waals surface area contributed by atoms with Crippen molar-refractivity contribution in [2.75, 3.05) is 13.1 Å². The first-order valence-corrected chi connectivity index (χ1v) is 9.15. The van der Waals surface area contributed by atoms with Crippen molar-refractivity contribution >= 4 is 11.7 Å². The van der Waals surface area contributed by atoms with E-state index >= 15 is 0 Å². The molecule has 6 heteroatoms. The average Bonchev–Trinajstić information content (AvgIpc) is 2.59. The van der Waals surface area contributed by atoms with Crippen LogP contribution in [0.4, 0.5) is 4.79 Å². The SMILES string of the molecule is CC(C)(C)OC(=O)N1CCC2=C(c3ccccc3)CC[C@@H]([N+](=O)[O-])[C@H]2C1. The molecule has 0 saturated carbocycles. The minimum absolute atomic E-state index is 0.176. The molecule has 1 heterocycles. The van der Waals surface area contributed by atoms with Crippen LogP contribution in [-0.4, -0.2) is 40.6 Å². The van der Waals surface area contributed by atoms with Gasteiger partial charge in [-0.2, -0.15) is 0 Å². The molecule has 3 rings (SSSR count). The van der Waals surface area contributed by atoms with Crippen LogP contribution in [0.25, 0.3) is 5.57 Å². The highest BCUT2D eigenvalue weighted by molar-refractivity contribution is 5.72. The summed E-state index contributed by atoms with van der Waals surface area (Å²) in [5.41, 5.74) is 2.93. The topological polar surface area (TPSA) is 72.7 Å². The number of nitrogens with zero attached hydrogens (tertiary/aromatic N) is 2. The molecule has 1 aliphatic heterocycles. The van der Waals surface area contributed by atoms with Gasteiger partial charge in [-0.3, -0.25) is 10.1 Å². The number of nitro groups is 1. The van der Waals surface area contributed by atoms with E-state index < -0.39 is 11.6 Å². The molecule has 0 spiro atoms. The van der Waals surface area contributed by atoms with Crippen molar-refractivity contribution in [3.8, 4) is 0 Å². The van der Waals surface area contributed by atoms with E-state index in [0.29, 0.717) is 32.4 Å². The van der Waals surface area contributed by atoms with Gasteiger partial charge in [0.2, 0.25) is 6.04 Å². The first-order chi connectivity index (χ1) is 12.3. The number of hydrogen-bond donors (Lipinski definition) is 0. The van der Waals surface area contributed by atoms with Gasteiger partial charge in [0, 0.05) is 24.4 Å². The van der Waals surface area contributed by atoms with E-state index in [0.717, 1.165) is 11.1 Å². The number of piperidine rings is 1. The van der Waals surface area contributed by atoms with Crippen LogP contribution < -0.4 is 0 Å². The summed E-state index contributed by atoms with van der Waals surface area (Å²) in [5.74, 6) is -0.241.